The smallest absolute Gasteiger partial charge is 0.315 e. The fourth-order valence-electron chi connectivity index (χ4n) is 2.91. The fourth-order valence-corrected chi connectivity index (χ4v) is 2.91. The lowest BCUT2D eigenvalue weighted by atomic mass is 9.97. The van der Waals surface area contributed by atoms with Crippen LogP contribution in [0.15, 0.2) is 34.9 Å². The number of hydrogen-bond acceptors (Lipinski definition) is 5. The van der Waals surface area contributed by atoms with E-state index in [4.69, 9.17) is 9.26 Å². The van der Waals surface area contributed by atoms with Gasteiger partial charge in [0, 0.05) is 18.6 Å². The Balaban J connectivity index is 1.38. The van der Waals surface area contributed by atoms with E-state index in [1.54, 1.807) is 0 Å². The van der Waals surface area contributed by atoms with Crippen molar-refractivity contribution in [2.75, 3.05) is 6.61 Å². The molecule has 1 aliphatic carbocycles. The number of benzene rings is 1. The molecule has 0 bridgehead atoms. The number of carbonyl (C=O) groups is 1. The van der Waals surface area contributed by atoms with Crippen molar-refractivity contribution < 1.29 is 14.1 Å². The molecule has 2 aliphatic rings. The Kier molecular flexibility index (Phi) is 3.83. The van der Waals surface area contributed by atoms with Crippen molar-refractivity contribution in [2.45, 2.75) is 43.7 Å². The third-order valence-corrected chi connectivity index (χ3v) is 4.37. The third-order valence-electron chi connectivity index (χ3n) is 4.37. The highest BCUT2D eigenvalue weighted by molar-refractivity contribution is 5.89. The first-order valence-corrected chi connectivity index (χ1v) is 8.10. The zero-order chi connectivity index (χ0) is 15.6. The molecule has 1 aliphatic heterocycles. The predicted octanol–water partition coefficient (Wildman–Crippen LogP) is 2.60. The van der Waals surface area contributed by atoms with Gasteiger partial charge >= 0.3 is 11.8 Å². The van der Waals surface area contributed by atoms with E-state index in [9.17, 15) is 4.79 Å². The number of ether oxygens (including phenoxy) is 1. The SMILES string of the molecule is O=C(N[C@H]1CCO[C@H](c2ccccc2)C1)c1nc(C2CC2)no1. The molecular formula is C17H19N3O3. The summed E-state index contributed by atoms with van der Waals surface area (Å²) in [5.41, 5.74) is 1.14. The first-order chi connectivity index (χ1) is 11.3. The lowest BCUT2D eigenvalue weighted by molar-refractivity contribution is 0.000615. The van der Waals surface area contributed by atoms with Crippen LogP contribution < -0.4 is 5.32 Å². The molecule has 2 aromatic rings. The van der Waals surface area contributed by atoms with Crippen LogP contribution in [-0.2, 0) is 4.74 Å². The maximum atomic E-state index is 12.3. The Morgan fingerprint density at radius 2 is 2.00 bits per heavy atom. The van der Waals surface area contributed by atoms with Gasteiger partial charge in [-0.3, -0.25) is 4.79 Å². The summed E-state index contributed by atoms with van der Waals surface area (Å²) in [7, 11) is 0. The summed E-state index contributed by atoms with van der Waals surface area (Å²) in [4.78, 5) is 16.5. The highest BCUT2D eigenvalue weighted by Crippen LogP contribution is 2.38. The fraction of sp³-hybridized carbons (Fsp3) is 0.471. The Morgan fingerprint density at radius 1 is 1.17 bits per heavy atom. The molecule has 0 unspecified atom stereocenters. The summed E-state index contributed by atoms with van der Waals surface area (Å²) in [5, 5.41) is 6.88. The lowest BCUT2D eigenvalue weighted by Crippen LogP contribution is -2.40. The van der Waals surface area contributed by atoms with Crippen molar-refractivity contribution >= 4 is 5.91 Å². The molecule has 6 heteroatoms. The van der Waals surface area contributed by atoms with Crippen LogP contribution in [0.3, 0.4) is 0 Å². The van der Waals surface area contributed by atoms with Crippen molar-refractivity contribution in [1.82, 2.24) is 15.5 Å². The number of rotatable bonds is 4. The summed E-state index contributed by atoms with van der Waals surface area (Å²) in [6.07, 6.45) is 3.72. The monoisotopic (exact) mass is 313 g/mol. The average Bonchev–Trinajstić information content (AvgIpc) is 3.33. The largest absolute Gasteiger partial charge is 0.373 e. The summed E-state index contributed by atoms with van der Waals surface area (Å²) >= 11 is 0. The number of hydrogen-bond donors (Lipinski definition) is 1. The highest BCUT2D eigenvalue weighted by Gasteiger charge is 2.31. The van der Waals surface area contributed by atoms with E-state index in [2.05, 4.69) is 27.6 Å². The minimum atomic E-state index is -0.289. The van der Waals surface area contributed by atoms with E-state index in [0.29, 0.717) is 18.3 Å². The molecule has 1 saturated heterocycles. The first kappa shape index (κ1) is 14.4. The number of aromatic nitrogens is 2. The maximum absolute atomic E-state index is 12.3. The molecule has 4 rings (SSSR count). The van der Waals surface area contributed by atoms with E-state index in [1.165, 1.54) is 0 Å². The van der Waals surface area contributed by atoms with E-state index in [1.807, 2.05) is 18.2 Å². The highest BCUT2D eigenvalue weighted by atomic mass is 16.5. The van der Waals surface area contributed by atoms with Crippen LogP contribution in [0.4, 0.5) is 0 Å². The molecule has 2 fully saturated rings. The molecule has 1 aromatic carbocycles. The van der Waals surface area contributed by atoms with Gasteiger partial charge in [0.15, 0.2) is 5.82 Å². The quantitative estimate of drug-likeness (QED) is 0.939. The summed E-state index contributed by atoms with van der Waals surface area (Å²) in [5.74, 6) is 0.813. The number of amides is 1. The Hall–Kier alpha value is -2.21. The Labute approximate surface area is 134 Å². The summed E-state index contributed by atoms with van der Waals surface area (Å²) in [6, 6.07) is 10.1. The second-order valence-electron chi connectivity index (χ2n) is 6.20. The van der Waals surface area contributed by atoms with Crippen LogP contribution in [0, 0.1) is 0 Å². The van der Waals surface area contributed by atoms with E-state index < -0.39 is 0 Å². The summed E-state index contributed by atoms with van der Waals surface area (Å²) < 4.78 is 10.9. The van der Waals surface area contributed by atoms with Gasteiger partial charge in [0.1, 0.15) is 0 Å². The minimum Gasteiger partial charge on any atom is -0.373 e. The van der Waals surface area contributed by atoms with Crippen LogP contribution in [0.1, 0.15) is 59.8 Å². The first-order valence-electron chi connectivity index (χ1n) is 8.10. The van der Waals surface area contributed by atoms with Gasteiger partial charge in [-0.05, 0) is 31.2 Å². The van der Waals surface area contributed by atoms with Gasteiger partial charge in [-0.25, -0.2) is 0 Å². The second kappa shape index (κ2) is 6.12. The molecule has 2 heterocycles. The van der Waals surface area contributed by atoms with Crippen LogP contribution in [0.25, 0.3) is 0 Å². The van der Waals surface area contributed by atoms with Crippen molar-refractivity contribution in [2.24, 2.45) is 0 Å². The van der Waals surface area contributed by atoms with Crippen LogP contribution in [0.2, 0.25) is 0 Å². The molecule has 1 aromatic heterocycles. The number of nitrogens with one attached hydrogen (secondary N) is 1. The van der Waals surface area contributed by atoms with Crippen LogP contribution in [0.5, 0.6) is 0 Å². The normalized spacial score (nSPS) is 24.3. The topological polar surface area (TPSA) is 77.2 Å². The standard InChI is InChI=1S/C17H19N3O3/c21-16(17-19-15(20-23-17)12-6-7-12)18-13-8-9-22-14(10-13)11-4-2-1-3-5-11/h1-5,12-14H,6-10H2,(H,18,21)/t13-,14-/m0/s1. The molecule has 0 radical (unpaired) electrons. The zero-order valence-electron chi connectivity index (χ0n) is 12.8. The van der Waals surface area contributed by atoms with Crippen molar-refractivity contribution in [3.05, 3.63) is 47.6 Å². The molecular weight excluding hydrogens is 294 g/mol. The van der Waals surface area contributed by atoms with E-state index in [-0.39, 0.29) is 23.9 Å². The Morgan fingerprint density at radius 3 is 2.78 bits per heavy atom. The molecule has 1 amide bonds. The number of carbonyl (C=O) groups excluding carboxylic acids is 1. The van der Waals surface area contributed by atoms with Gasteiger partial charge in [0.05, 0.1) is 6.10 Å². The minimum absolute atomic E-state index is 0.0139. The molecule has 0 spiro atoms. The molecule has 23 heavy (non-hydrogen) atoms. The molecule has 1 saturated carbocycles. The van der Waals surface area contributed by atoms with E-state index in [0.717, 1.165) is 31.2 Å². The molecule has 120 valence electrons. The van der Waals surface area contributed by atoms with Crippen LogP contribution in [-0.4, -0.2) is 28.7 Å². The van der Waals surface area contributed by atoms with E-state index >= 15 is 0 Å². The average molecular weight is 313 g/mol. The Bertz CT molecular complexity index is 681. The summed E-state index contributed by atoms with van der Waals surface area (Å²) in [6.45, 7) is 0.627. The van der Waals surface area contributed by atoms with Crippen LogP contribution >= 0.6 is 0 Å². The third kappa shape index (κ3) is 3.27. The van der Waals surface area contributed by atoms with Gasteiger partial charge < -0.3 is 14.6 Å². The molecule has 2 atom stereocenters. The molecule has 1 N–H and O–H groups in total. The van der Waals surface area contributed by atoms with Gasteiger partial charge in [-0.15, -0.1) is 0 Å². The van der Waals surface area contributed by atoms with Crippen molar-refractivity contribution in [3.8, 4) is 0 Å². The van der Waals surface area contributed by atoms with Gasteiger partial charge in [0.2, 0.25) is 0 Å². The van der Waals surface area contributed by atoms with Gasteiger partial charge in [-0.2, -0.15) is 4.98 Å². The van der Waals surface area contributed by atoms with Crippen molar-refractivity contribution in [1.29, 1.82) is 0 Å². The maximum Gasteiger partial charge on any atom is 0.315 e. The van der Waals surface area contributed by atoms with Crippen molar-refractivity contribution in [3.63, 3.8) is 0 Å². The van der Waals surface area contributed by atoms with Gasteiger partial charge in [0.25, 0.3) is 0 Å². The zero-order valence-corrected chi connectivity index (χ0v) is 12.8. The number of nitrogens with zero attached hydrogens (tertiary/aromatic N) is 2. The second-order valence-corrected chi connectivity index (χ2v) is 6.20. The predicted molar refractivity (Wildman–Crippen MR) is 81.9 cm³/mol. The lowest BCUT2D eigenvalue weighted by Gasteiger charge is -2.30. The van der Waals surface area contributed by atoms with Gasteiger partial charge in [-0.1, -0.05) is 35.5 Å². The molecule has 6 nitrogen and oxygen atoms in total.